The highest BCUT2D eigenvalue weighted by atomic mass is 35.5. The van der Waals surface area contributed by atoms with Crippen LogP contribution in [0.25, 0.3) is 17.4 Å². The minimum absolute atomic E-state index is 0.00598. The summed E-state index contributed by atoms with van der Waals surface area (Å²) in [6.07, 6.45) is 1.16. The number of amides is 1. The SMILES string of the molecule is COc1ccc([N+](=O)[O-])cc1NC(=O)/C(C#N)=C/c1ccc(-c2ccc(Cl)c([N+](=O)[O-])c2)o1. The van der Waals surface area contributed by atoms with Crippen LogP contribution in [-0.4, -0.2) is 22.9 Å². The third kappa shape index (κ3) is 5.15. The standard InChI is InChI=1S/C21H13ClN4O7/c1-32-20-6-3-14(25(28)29)10-17(20)24-21(27)13(11-23)8-15-4-7-19(33-15)12-2-5-16(22)18(9-12)26(30)31/h2-10H,1H3,(H,24,27)/b13-8+. The Hall–Kier alpha value is -4.69. The van der Waals surface area contributed by atoms with E-state index in [0.29, 0.717) is 5.56 Å². The number of rotatable bonds is 7. The van der Waals surface area contributed by atoms with Crippen LogP contribution in [0.5, 0.6) is 5.75 Å². The maximum atomic E-state index is 12.6. The van der Waals surface area contributed by atoms with Crippen LogP contribution in [0, 0.1) is 31.6 Å². The molecular formula is C21H13ClN4O7. The summed E-state index contributed by atoms with van der Waals surface area (Å²) in [5, 5.41) is 33.9. The number of hydrogen-bond donors (Lipinski definition) is 1. The van der Waals surface area contributed by atoms with Gasteiger partial charge in [0.25, 0.3) is 17.3 Å². The van der Waals surface area contributed by atoms with E-state index in [0.717, 1.165) is 12.1 Å². The number of hydrogen-bond acceptors (Lipinski definition) is 8. The number of methoxy groups -OCH3 is 1. The van der Waals surface area contributed by atoms with Crippen molar-refractivity contribution in [3.05, 3.63) is 85.1 Å². The van der Waals surface area contributed by atoms with Gasteiger partial charge in [0, 0.05) is 29.8 Å². The fourth-order valence-electron chi connectivity index (χ4n) is 2.78. The number of carbonyl (C=O) groups excluding carboxylic acids is 1. The second kappa shape index (κ2) is 9.63. The summed E-state index contributed by atoms with van der Waals surface area (Å²) in [5.74, 6) is -0.313. The first-order chi connectivity index (χ1) is 15.7. The Morgan fingerprint density at radius 1 is 1.15 bits per heavy atom. The smallest absolute Gasteiger partial charge is 0.288 e. The monoisotopic (exact) mass is 468 g/mol. The second-order valence-electron chi connectivity index (χ2n) is 6.39. The Bertz CT molecular complexity index is 1340. The molecule has 1 heterocycles. The van der Waals surface area contributed by atoms with Crippen LogP contribution in [0.15, 0.2) is 58.5 Å². The molecule has 0 fully saturated rings. The zero-order chi connectivity index (χ0) is 24.1. The van der Waals surface area contributed by atoms with Crippen molar-refractivity contribution in [3.63, 3.8) is 0 Å². The van der Waals surface area contributed by atoms with Crippen LogP contribution >= 0.6 is 11.6 Å². The minimum atomic E-state index is -0.851. The molecule has 0 radical (unpaired) electrons. The summed E-state index contributed by atoms with van der Waals surface area (Å²) < 4.78 is 10.7. The summed E-state index contributed by atoms with van der Waals surface area (Å²) in [6.45, 7) is 0. The Kier molecular flexibility index (Phi) is 6.71. The maximum absolute atomic E-state index is 12.6. The van der Waals surface area contributed by atoms with Gasteiger partial charge in [-0.3, -0.25) is 25.0 Å². The van der Waals surface area contributed by atoms with E-state index in [2.05, 4.69) is 5.32 Å². The van der Waals surface area contributed by atoms with Gasteiger partial charge in [0.2, 0.25) is 0 Å². The molecule has 1 aromatic heterocycles. The lowest BCUT2D eigenvalue weighted by Crippen LogP contribution is -2.14. The molecule has 3 rings (SSSR count). The maximum Gasteiger partial charge on any atom is 0.288 e. The number of nitro groups is 2. The van der Waals surface area contributed by atoms with Crippen LogP contribution in [0.2, 0.25) is 5.02 Å². The predicted octanol–water partition coefficient (Wildman–Crippen LogP) is 4.97. The lowest BCUT2D eigenvalue weighted by atomic mass is 10.1. The number of nitrogens with one attached hydrogen (secondary N) is 1. The molecule has 0 spiro atoms. The first kappa shape index (κ1) is 23.0. The summed E-state index contributed by atoms with van der Waals surface area (Å²) in [6, 6.07) is 12.4. The van der Waals surface area contributed by atoms with Gasteiger partial charge in [-0.1, -0.05) is 11.6 Å². The normalized spacial score (nSPS) is 10.9. The number of ether oxygens (including phenoxy) is 1. The quantitative estimate of drug-likeness (QED) is 0.220. The van der Waals surface area contributed by atoms with Crippen LogP contribution in [0.4, 0.5) is 17.1 Å². The molecule has 166 valence electrons. The Morgan fingerprint density at radius 3 is 2.55 bits per heavy atom. The largest absolute Gasteiger partial charge is 0.495 e. The topological polar surface area (TPSA) is 162 Å². The second-order valence-corrected chi connectivity index (χ2v) is 6.80. The van der Waals surface area contributed by atoms with Gasteiger partial charge >= 0.3 is 0 Å². The molecule has 3 aromatic rings. The van der Waals surface area contributed by atoms with Crippen molar-refractivity contribution in [3.8, 4) is 23.1 Å². The van der Waals surface area contributed by atoms with E-state index in [9.17, 15) is 30.3 Å². The number of furan rings is 1. The van der Waals surface area contributed by atoms with Crippen LogP contribution in [-0.2, 0) is 4.79 Å². The number of halogens is 1. The number of carbonyl (C=O) groups is 1. The number of non-ortho nitro benzene ring substituents is 1. The van der Waals surface area contributed by atoms with Crippen molar-refractivity contribution < 1.29 is 23.8 Å². The first-order valence-electron chi connectivity index (χ1n) is 9.03. The van der Waals surface area contributed by atoms with Crippen molar-refractivity contribution in [2.45, 2.75) is 0 Å². The molecule has 0 unspecified atom stereocenters. The highest BCUT2D eigenvalue weighted by Crippen LogP contribution is 2.32. The van der Waals surface area contributed by atoms with Gasteiger partial charge in [-0.15, -0.1) is 0 Å². The van der Waals surface area contributed by atoms with E-state index in [4.69, 9.17) is 20.8 Å². The molecule has 0 atom stereocenters. The van der Waals surface area contributed by atoms with Crippen LogP contribution in [0.1, 0.15) is 5.76 Å². The lowest BCUT2D eigenvalue weighted by molar-refractivity contribution is -0.384. The van der Waals surface area contributed by atoms with Crippen molar-refractivity contribution in [1.82, 2.24) is 0 Å². The molecule has 0 saturated heterocycles. The average molecular weight is 469 g/mol. The fraction of sp³-hybridized carbons (Fsp3) is 0.0476. The van der Waals surface area contributed by atoms with E-state index in [1.54, 1.807) is 6.07 Å². The molecule has 0 aliphatic carbocycles. The molecule has 0 saturated carbocycles. The first-order valence-corrected chi connectivity index (χ1v) is 9.41. The predicted molar refractivity (Wildman–Crippen MR) is 118 cm³/mol. The van der Waals surface area contributed by atoms with Crippen LogP contribution < -0.4 is 10.1 Å². The molecule has 12 heteroatoms. The zero-order valence-electron chi connectivity index (χ0n) is 16.8. The number of nitro benzene ring substituents is 2. The van der Waals surface area contributed by atoms with Crippen molar-refractivity contribution in [2.75, 3.05) is 12.4 Å². The lowest BCUT2D eigenvalue weighted by Gasteiger charge is -2.09. The summed E-state index contributed by atoms with van der Waals surface area (Å²) in [5.41, 5.74) is -0.556. The Labute approximate surface area is 190 Å². The van der Waals surface area contributed by atoms with Crippen molar-refractivity contribution >= 4 is 40.6 Å². The van der Waals surface area contributed by atoms with Crippen molar-refractivity contribution in [2.24, 2.45) is 0 Å². The van der Waals surface area contributed by atoms with Crippen LogP contribution in [0.3, 0.4) is 0 Å². The number of benzene rings is 2. The number of anilines is 1. The van der Waals surface area contributed by atoms with Gasteiger partial charge in [-0.25, -0.2) is 0 Å². The van der Waals surface area contributed by atoms with E-state index >= 15 is 0 Å². The summed E-state index contributed by atoms with van der Waals surface area (Å²) in [4.78, 5) is 33.4. The third-order valence-electron chi connectivity index (χ3n) is 4.35. The van der Waals surface area contributed by atoms with Gasteiger partial charge in [0.1, 0.15) is 33.9 Å². The van der Waals surface area contributed by atoms with Gasteiger partial charge < -0.3 is 14.5 Å². The Balaban J connectivity index is 1.87. The van der Waals surface area contributed by atoms with E-state index < -0.39 is 15.8 Å². The molecule has 33 heavy (non-hydrogen) atoms. The molecule has 1 N–H and O–H groups in total. The van der Waals surface area contributed by atoms with E-state index in [1.807, 2.05) is 0 Å². The van der Waals surface area contributed by atoms with E-state index in [-0.39, 0.29) is 44.9 Å². The van der Waals surface area contributed by atoms with Gasteiger partial charge in [-0.2, -0.15) is 5.26 Å². The van der Waals surface area contributed by atoms with Gasteiger partial charge in [0.05, 0.1) is 22.6 Å². The molecular weight excluding hydrogens is 456 g/mol. The average Bonchev–Trinajstić information content (AvgIpc) is 3.26. The molecule has 0 aliphatic heterocycles. The molecule has 0 bridgehead atoms. The molecule has 11 nitrogen and oxygen atoms in total. The summed E-state index contributed by atoms with van der Waals surface area (Å²) >= 11 is 5.81. The highest BCUT2D eigenvalue weighted by molar-refractivity contribution is 6.32. The zero-order valence-corrected chi connectivity index (χ0v) is 17.5. The van der Waals surface area contributed by atoms with Gasteiger partial charge in [0.15, 0.2) is 0 Å². The number of nitriles is 1. The molecule has 1 amide bonds. The van der Waals surface area contributed by atoms with E-state index in [1.165, 1.54) is 49.6 Å². The van der Waals surface area contributed by atoms with Gasteiger partial charge in [-0.05, 0) is 30.3 Å². The molecule has 0 aliphatic rings. The van der Waals surface area contributed by atoms with Crippen molar-refractivity contribution in [1.29, 1.82) is 5.26 Å². The third-order valence-corrected chi connectivity index (χ3v) is 4.67. The number of nitrogens with zero attached hydrogens (tertiary/aromatic N) is 3. The highest BCUT2D eigenvalue weighted by Gasteiger charge is 2.18. The minimum Gasteiger partial charge on any atom is -0.495 e. The molecule has 2 aromatic carbocycles. The summed E-state index contributed by atoms with van der Waals surface area (Å²) in [7, 11) is 1.32. The Morgan fingerprint density at radius 2 is 1.91 bits per heavy atom. The fourth-order valence-corrected chi connectivity index (χ4v) is 2.97.